The molecule has 0 aromatic heterocycles. The van der Waals surface area contributed by atoms with Crippen molar-refractivity contribution in [3.63, 3.8) is 0 Å². The SMILES string of the molecule is C=C(N(C)C(=O)C(F)(F)C(F)(F)F)S(=O)(=O)O. The van der Waals surface area contributed by atoms with Gasteiger partial charge in [0.15, 0.2) is 5.03 Å². The van der Waals surface area contributed by atoms with Crippen LogP contribution in [0.4, 0.5) is 22.0 Å². The maximum absolute atomic E-state index is 12.5. The minimum absolute atomic E-state index is 0.304. The average molecular weight is 283 g/mol. The molecule has 100 valence electrons. The molecule has 0 unspecified atom stereocenters. The van der Waals surface area contributed by atoms with Gasteiger partial charge in [-0.3, -0.25) is 14.2 Å². The number of amides is 1. The topological polar surface area (TPSA) is 74.7 Å². The monoisotopic (exact) mass is 283 g/mol. The van der Waals surface area contributed by atoms with Crippen molar-refractivity contribution in [2.24, 2.45) is 0 Å². The molecule has 0 saturated carbocycles. The molecule has 0 rings (SSSR count). The van der Waals surface area contributed by atoms with Crippen LogP contribution < -0.4 is 0 Å². The molecule has 11 heteroatoms. The molecule has 0 aromatic rings. The van der Waals surface area contributed by atoms with Gasteiger partial charge >= 0.3 is 28.1 Å². The molecular weight excluding hydrogens is 277 g/mol. The van der Waals surface area contributed by atoms with E-state index in [1.54, 1.807) is 0 Å². The van der Waals surface area contributed by atoms with Gasteiger partial charge in [-0.05, 0) is 0 Å². The molecule has 0 aliphatic rings. The van der Waals surface area contributed by atoms with Gasteiger partial charge in [0.1, 0.15) is 0 Å². The smallest absolute Gasteiger partial charge is 0.299 e. The van der Waals surface area contributed by atoms with E-state index in [9.17, 15) is 35.2 Å². The van der Waals surface area contributed by atoms with Crippen molar-refractivity contribution < 1.29 is 39.7 Å². The van der Waals surface area contributed by atoms with Crippen molar-refractivity contribution in [1.29, 1.82) is 0 Å². The van der Waals surface area contributed by atoms with E-state index in [-0.39, 0.29) is 0 Å². The summed E-state index contributed by atoms with van der Waals surface area (Å²) in [6, 6.07) is 0. The predicted octanol–water partition coefficient (Wildman–Crippen LogP) is 1.00. The summed E-state index contributed by atoms with van der Waals surface area (Å²) < 4.78 is 89.4. The number of alkyl halides is 5. The molecule has 0 aliphatic carbocycles. The predicted molar refractivity (Wildman–Crippen MR) is 44.5 cm³/mol. The van der Waals surface area contributed by atoms with Gasteiger partial charge < -0.3 is 0 Å². The first-order chi connectivity index (χ1) is 7.23. The Labute approximate surface area is 92.3 Å². The second-order valence-electron chi connectivity index (χ2n) is 2.81. The highest BCUT2D eigenvalue weighted by molar-refractivity contribution is 7.89. The Morgan fingerprint density at radius 2 is 1.59 bits per heavy atom. The van der Waals surface area contributed by atoms with Gasteiger partial charge in [-0.25, -0.2) is 0 Å². The number of carbonyl (C=O) groups is 1. The summed E-state index contributed by atoms with van der Waals surface area (Å²) in [5.74, 6) is -8.65. The number of carbonyl (C=O) groups excluding carboxylic acids is 1. The van der Waals surface area contributed by atoms with E-state index in [4.69, 9.17) is 4.55 Å². The quantitative estimate of drug-likeness (QED) is 0.619. The lowest BCUT2D eigenvalue weighted by Gasteiger charge is -2.24. The van der Waals surface area contributed by atoms with Gasteiger partial charge in [0, 0.05) is 7.05 Å². The highest BCUT2D eigenvalue weighted by atomic mass is 32.2. The van der Waals surface area contributed by atoms with E-state index in [2.05, 4.69) is 6.58 Å². The van der Waals surface area contributed by atoms with Gasteiger partial charge in [-0.2, -0.15) is 30.4 Å². The summed E-state index contributed by atoms with van der Waals surface area (Å²) in [7, 11) is -4.84. The number of nitrogens with zero attached hydrogens (tertiary/aromatic N) is 1. The van der Waals surface area contributed by atoms with E-state index in [1.807, 2.05) is 0 Å². The molecule has 0 aliphatic heterocycles. The number of halogens is 5. The van der Waals surface area contributed by atoms with Crippen LogP contribution in [-0.4, -0.2) is 42.9 Å². The lowest BCUT2D eigenvalue weighted by Crippen LogP contribution is -2.51. The van der Waals surface area contributed by atoms with Gasteiger partial charge in [-0.1, -0.05) is 6.58 Å². The normalized spacial score (nSPS) is 13.4. The molecule has 0 fully saturated rings. The van der Waals surface area contributed by atoms with Crippen LogP contribution in [0.25, 0.3) is 0 Å². The van der Waals surface area contributed by atoms with Gasteiger partial charge in [0.05, 0.1) is 0 Å². The van der Waals surface area contributed by atoms with E-state index in [0.29, 0.717) is 7.05 Å². The maximum atomic E-state index is 12.5. The highest BCUT2D eigenvalue weighted by Gasteiger charge is 2.64. The summed E-state index contributed by atoms with van der Waals surface area (Å²) >= 11 is 0. The summed E-state index contributed by atoms with van der Waals surface area (Å²) in [5, 5.41) is -1.59. The van der Waals surface area contributed by atoms with E-state index in [1.165, 1.54) is 0 Å². The van der Waals surface area contributed by atoms with Crippen molar-refractivity contribution in [3.05, 3.63) is 11.6 Å². The molecule has 0 aromatic carbocycles. The lowest BCUT2D eigenvalue weighted by atomic mass is 10.3. The number of hydrogen-bond donors (Lipinski definition) is 1. The first-order valence-electron chi connectivity index (χ1n) is 3.62. The lowest BCUT2D eigenvalue weighted by molar-refractivity contribution is -0.273. The second-order valence-corrected chi connectivity index (χ2v) is 4.23. The first kappa shape index (κ1) is 15.8. The largest absolute Gasteiger partial charge is 0.463 e. The van der Waals surface area contributed by atoms with Crippen LogP contribution in [0.2, 0.25) is 0 Å². The first-order valence-corrected chi connectivity index (χ1v) is 5.06. The molecule has 0 bridgehead atoms. The number of hydrogen-bond acceptors (Lipinski definition) is 3. The van der Waals surface area contributed by atoms with Crippen molar-refractivity contribution >= 4 is 16.0 Å². The Balaban J connectivity index is 5.30. The third kappa shape index (κ3) is 3.12. The molecule has 17 heavy (non-hydrogen) atoms. The molecule has 0 radical (unpaired) electrons. The van der Waals surface area contributed by atoms with Crippen LogP contribution in [0.3, 0.4) is 0 Å². The highest BCUT2D eigenvalue weighted by Crippen LogP contribution is 2.37. The zero-order valence-electron chi connectivity index (χ0n) is 8.12. The Kier molecular flexibility index (Phi) is 3.91. The van der Waals surface area contributed by atoms with Crippen LogP contribution in [0.1, 0.15) is 0 Å². The molecule has 0 atom stereocenters. The minimum atomic E-state index is -6.18. The van der Waals surface area contributed by atoms with Crippen LogP contribution in [0.15, 0.2) is 11.6 Å². The molecule has 1 amide bonds. The minimum Gasteiger partial charge on any atom is -0.299 e. The van der Waals surface area contributed by atoms with E-state index >= 15 is 0 Å². The Hall–Kier alpha value is -1.23. The van der Waals surface area contributed by atoms with Crippen molar-refractivity contribution in [3.8, 4) is 0 Å². The van der Waals surface area contributed by atoms with E-state index in [0.717, 1.165) is 0 Å². The van der Waals surface area contributed by atoms with Gasteiger partial charge in [0.25, 0.3) is 0 Å². The summed E-state index contributed by atoms with van der Waals surface area (Å²) in [6.07, 6.45) is -6.18. The van der Waals surface area contributed by atoms with Crippen molar-refractivity contribution in [2.45, 2.75) is 12.1 Å². The zero-order valence-corrected chi connectivity index (χ0v) is 8.94. The second kappa shape index (κ2) is 4.22. The Bertz CT molecular complexity index is 440. The van der Waals surface area contributed by atoms with Crippen molar-refractivity contribution in [2.75, 3.05) is 7.05 Å². The average Bonchev–Trinajstić information content (AvgIpc) is 2.10. The van der Waals surface area contributed by atoms with Crippen LogP contribution in [-0.2, 0) is 14.9 Å². The molecule has 0 spiro atoms. The van der Waals surface area contributed by atoms with Crippen LogP contribution in [0, 0.1) is 0 Å². The maximum Gasteiger partial charge on any atom is 0.463 e. The van der Waals surface area contributed by atoms with Gasteiger partial charge in [0.2, 0.25) is 0 Å². The fraction of sp³-hybridized carbons (Fsp3) is 0.500. The number of rotatable bonds is 3. The molecule has 0 heterocycles. The Morgan fingerprint density at radius 3 is 1.82 bits per heavy atom. The summed E-state index contributed by atoms with van der Waals surface area (Å²) in [6.45, 7) is 2.51. The standard InChI is InChI=1S/C6H6F5NO4S/c1-3(17(14,15)16)12(2)4(13)5(7,8)6(9,10)11/h1H2,2H3,(H,14,15,16). The fourth-order valence-electron chi connectivity index (χ4n) is 0.618. The third-order valence-electron chi connectivity index (χ3n) is 1.60. The molecule has 1 N–H and O–H groups in total. The van der Waals surface area contributed by atoms with Crippen molar-refractivity contribution in [1.82, 2.24) is 4.90 Å². The summed E-state index contributed by atoms with van der Waals surface area (Å²) in [4.78, 5) is 10.1. The zero-order chi connectivity index (χ0) is 14.2. The fourth-order valence-corrected chi connectivity index (χ4v) is 1.05. The van der Waals surface area contributed by atoms with Gasteiger partial charge in [-0.15, -0.1) is 0 Å². The molecule has 5 nitrogen and oxygen atoms in total. The van der Waals surface area contributed by atoms with Crippen LogP contribution in [0.5, 0.6) is 0 Å². The third-order valence-corrected chi connectivity index (χ3v) is 2.47. The van der Waals surface area contributed by atoms with Crippen LogP contribution >= 0.6 is 0 Å². The Morgan fingerprint density at radius 1 is 1.24 bits per heavy atom. The molecule has 0 saturated heterocycles. The molecular formula is C6H6F5NO4S. The van der Waals surface area contributed by atoms with E-state index < -0.39 is 38.1 Å². The summed E-state index contributed by atoms with van der Waals surface area (Å²) in [5.41, 5.74) is 0.